The van der Waals surface area contributed by atoms with Crippen LogP contribution in [0.15, 0.2) is 6.07 Å². The molecule has 6 nitrogen and oxygen atoms in total. The van der Waals surface area contributed by atoms with E-state index in [4.69, 9.17) is 9.84 Å². The third-order valence-corrected chi connectivity index (χ3v) is 2.66. The first-order valence-electron chi connectivity index (χ1n) is 6.97. The summed E-state index contributed by atoms with van der Waals surface area (Å²) in [6, 6.07) is 1.89. The topological polar surface area (TPSA) is 79.3 Å². The number of rotatable bonds is 8. The summed E-state index contributed by atoms with van der Waals surface area (Å²) < 4.78 is 5.21. The number of nitrogens with zero attached hydrogens (tertiary/aromatic N) is 2. The molecule has 0 spiro atoms. The monoisotopic (exact) mass is 282 g/mol. The number of ether oxygens (including phenoxy) is 1. The van der Waals surface area contributed by atoms with Crippen molar-refractivity contribution in [1.29, 1.82) is 0 Å². The van der Waals surface area contributed by atoms with Gasteiger partial charge in [-0.3, -0.25) is 0 Å². The van der Waals surface area contributed by atoms with E-state index >= 15 is 0 Å². The molecule has 1 aromatic heterocycles. The number of anilines is 2. The van der Waals surface area contributed by atoms with Crippen LogP contribution in [0, 0.1) is 0 Å². The lowest BCUT2D eigenvalue weighted by molar-refractivity contribution is 0.0922. The lowest BCUT2D eigenvalue weighted by Crippen LogP contribution is -2.18. The van der Waals surface area contributed by atoms with Crippen LogP contribution >= 0.6 is 0 Å². The van der Waals surface area contributed by atoms with Crippen LogP contribution in [0.25, 0.3) is 0 Å². The van der Waals surface area contributed by atoms with Gasteiger partial charge in [0.1, 0.15) is 17.5 Å². The largest absolute Gasteiger partial charge is 0.394 e. The van der Waals surface area contributed by atoms with Gasteiger partial charge in [0.2, 0.25) is 0 Å². The summed E-state index contributed by atoms with van der Waals surface area (Å²) in [5.41, 5.74) is -0.0898. The highest BCUT2D eigenvalue weighted by Crippen LogP contribution is 2.22. The van der Waals surface area contributed by atoms with Gasteiger partial charge in [-0.2, -0.15) is 0 Å². The van der Waals surface area contributed by atoms with Crippen LogP contribution in [-0.4, -0.2) is 48.5 Å². The average Bonchev–Trinajstić information content (AvgIpc) is 2.41. The van der Waals surface area contributed by atoms with Gasteiger partial charge in [-0.1, -0.05) is 20.8 Å². The van der Waals surface area contributed by atoms with Crippen molar-refractivity contribution in [3.63, 3.8) is 0 Å². The molecule has 6 heteroatoms. The third-order valence-electron chi connectivity index (χ3n) is 2.66. The molecule has 0 bridgehead atoms. The molecule has 0 saturated heterocycles. The Balaban J connectivity index is 2.56. The van der Waals surface area contributed by atoms with Gasteiger partial charge in [-0.15, -0.1) is 0 Å². The molecule has 0 amide bonds. The van der Waals surface area contributed by atoms with E-state index in [9.17, 15) is 0 Å². The predicted molar refractivity (Wildman–Crippen MR) is 81.3 cm³/mol. The van der Waals surface area contributed by atoms with Crippen LogP contribution in [0.2, 0.25) is 0 Å². The highest BCUT2D eigenvalue weighted by Gasteiger charge is 2.18. The second kappa shape index (κ2) is 8.01. The van der Waals surface area contributed by atoms with E-state index in [2.05, 4.69) is 41.4 Å². The summed E-state index contributed by atoms with van der Waals surface area (Å²) in [7, 11) is 1.85. The maximum Gasteiger partial charge on any atom is 0.138 e. The Hall–Kier alpha value is -1.40. The van der Waals surface area contributed by atoms with Gasteiger partial charge < -0.3 is 20.5 Å². The second-order valence-corrected chi connectivity index (χ2v) is 5.58. The molecule has 3 N–H and O–H groups in total. The Kier molecular flexibility index (Phi) is 6.67. The Morgan fingerprint density at radius 3 is 2.50 bits per heavy atom. The Morgan fingerprint density at radius 1 is 1.20 bits per heavy atom. The molecule has 0 atom stereocenters. The Labute approximate surface area is 121 Å². The van der Waals surface area contributed by atoms with Gasteiger partial charge in [0, 0.05) is 31.7 Å². The van der Waals surface area contributed by atoms with Crippen molar-refractivity contribution in [3.8, 4) is 0 Å². The molecule has 0 fully saturated rings. The summed E-state index contributed by atoms with van der Waals surface area (Å²) >= 11 is 0. The number of aliphatic hydroxyl groups excluding tert-OH is 1. The summed E-state index contributed by atoms with van der Waals surface area (Å²) in [5, 5.41) is 14.9. The normalized spacial score (nSPS) is 11.4. The van der Waals surface area contributed by atoms with E-state index in [0.29, 0.717) is 13.2 Å². The minimum atomic E-state index is -0.0898. The van der Waals surface area contributed by atoms with Crippen molar-refractivity contribution in [1.82, 2.24) is 9.97 Å². The third kappa shape index (κ3) is 5.71. The van der Waals surface area contributed by atoms with Crippen molar-refractivity contribution >= 4 is 11.6 Å². The predicted octanol–water partition coefficient (Wildman–Crippen LogP) is 1.63. The van der Waals surface area contributed by atoms with Crippen molar-refractivity contribution in [2.24, 2.45) is 0 Å². The summed E-state index contributed by atoms with van der Waals surface area (Å²) in [5.74, 6) is 2.43. The zero-order chi connectivity index (χ0) is 15.0. The van der Waals surface area contributed by atoms with Crippen LogP contribution < -0.4 is 10.6 Å². The fraction of sp³-hybridized carbons (Fsp3) is 0.714. The standard InChI is InChI=1S/C14H26N4O2/c1-14(2,3)13-17-11(15-4)10-12(18-13)16-6-5-8-20-9-7-19/h10,19H,5-9H2,1-4H3,(H2,15,16,17,18). The number of nitrogens with one attached hydrogen (secondary N) is 2. The SMILES string of the molecule is CNc1cc(NCCCOCCO)nc(C(C)(C)C)n1. The molecule has 0 unspecified atom stereocenters. The minimum Gasteiger partial charge on any atom is -0.394 e. The molecule has 114 valence electrons. The first-order chi connectivity index (χ1) is 9.47. The molecule has 0 aliphatic carbocycles. The molecular weight excluding hydrogens is 256 g/mol. The van der Waals surface area contributed by atoms with E-state index in [0.717, 1.165) is 30.4 Å². The molecule has 0 saturated carbocycles. The van der Waals surface area contributed by atoms with Crippen molar-refractivity contribution in [2.75, 3.05) is 44.0 Å². The highest BCUT2D eigenvalue weighted by atomic mass is 16.5. The van der Waals surface area contributed by atoms with Gasteiger partial charge in [-0.05, 0) is 6.42 Å². The van der Waals surface area contributed by atoms with Crippen LogP contribution in [0.4, 0.5) is 11.6 Å². The first kappa shape index (κ1) is 16.7. The zero-order valence-corrected chi connectivity index (χ0v) is 12.9. The lowest BCUT2D eigenvalue weighted by Gasteiger charge is -2.18. The molecular formula is C14H26N4O2. The average molecular weight is 282 g/mol. The summed E-state index contributed by atoms with van der Waals surface area (Å²) in [6.45, 7) is 8.14. The van der Waals surface area contributed by atoms with E-state index in [1.807, 2.05) is 13.1 Å². The van der Waals surface area contributed by atoms with Crippen LogP contribution in [0.3, 0.4) is 0 Å². The quantitative estimate of drug-likeness (QED) is 0.629. The Bertz CT molecular complexity index is 405. The second-order valence-electron chi connectivity index (χ2n) is 5.58. The summed E-state index contributed by atoms with van der Waals surface area (Å²) in [6.07, 6.45) is 0.865. The molecule has 0 aliphatic rings. The van der Waals surface area contributed by atoms with Crippen molar-refractivity contribution in [2.45, 2.75) is 32.6 Å². The van der Waals surface area contributed by atoms with Gasteiger partial charge in [-0.25, -0.2) is 9.97 Å². The smallest absolute Gasteiger partial charge is 0.138 e. The van der Waals surface area contributed by atoms with Crippen molar-refractivity contribution < 1.29 is 9.84 Å². The minimum absolute atomic E-state index is 0.0693. The maximum absolute atomic E-state index is 8.60. The first-order valence-corrected chi connectivity index (χ1v) is 6.97. The molecule has 1 aromatic rings. The molecule has 1 rings (SSSR count). The number of hydrogen-bond acceptors (Lipinski definition) is 6. The van der Waals surface area contributed by atoms with E-state index in [1.54, 1.807) is 0 Å². The van der Waals surface area contributed by atoms with Crippen molar-refractivity contribution in [3.05, 3.63) is 11.9 Å². The zero-order valence-electron chi connectivity index (χ0n) is 12.9. The van der Waals surface area contributed by atoms with Crippen LogP contribution in [0.5, 0.6) is 0 Å². The van der Waals surface area contributed by atoms with E-state index in [-0.39, 0.29) is 12.0 Å². The van der Waals surface area contributed by atoms with Crippen LogP contribution in [0.1, 0.15) is 33.0 Å². The summed E-state index contributed by atoms with van der Waals surface area (Å²) in [4.78, 5) is 9.02. The van der Waals surface area contributed by atoms with Gasteiger partial charge in [0.25, 0.3) is 0 Å². The lowest BCUT2D eigenvalue weighted by atomic mass is 9.96. The fourth-order valence-electron chi connectivity index (χ4n) is 1.56. The van der Waals surface area contributed by atoms with Gasteiger partial charge in [0.15, 0.2) is 0 Å². The molecule has 0 aromatic carbocycles. The number of aromatic nitrogens is 2. The van der Waals surface area contributed by atoms with Gasteiger partial charge >= 0.3 is 0 Å². The number of aliphatic hydroxyl groups is 1. The van der Waals surface area contributed by atoms with Crippen LogP contribution in [-0.2, 0) is 10.2 Å². The highest BCUT2D eigenvalue weighted by molar-refractivity contribution is 5.47. The molecule has 20 heavy (non-hydrogen) atoms. The van der Waals surface area contributed by atoms with Gasteiger partial charge in [0.05, 0.1) is 13.2 Å². The maximum atomic E-state index is 8.60. The van der Waals surface area contributed by atoms with E-state index < -0.39 is 0 Å². The van der Waals surface area contributed by atoms with E-state index in [1.165, 1.54) is 0 Å². The Morgan fingerprint density at radius 2 is 1.90 bits per heavy atom. The number of hydrogen-bond donors (Lipinski definition) is 3. The molecule has 0 radical (unpaired) electrons. The molecule has 0 aliphatic heterocycles. The fourth-order valence-corrected chi connectivity index (χ4v) is 1.56. The molecule has 1 heterocycles.